The van der Waals surface area contributed by atoms with E-state index >= 15 is 0 Å². The summed E-state index contributed by atoms with van der Waals surface area (Å²) in [4.78, 5) is 11.2. The minimum absolute atomic E-state index is 0.0810. The molecule has 0 unspecified atom stereocenters. The molecule has 0 aliphatic rings. The molecule has 1 N–H and O–H groups in total. The van der Waals surface area contributed by atoms with E-state index in [1.54, 1.807) is 12.1 Å². The zero-order valence-electron chi connectivity index (χ0n) is 8.75. The average molecular weight is 225 g/mol. The lowest BCUT2D eigenvalue weighted by molar-refractivity contribution is -0.113. The molecule has 2 nitrogen and oxygen atoms in total. The third kappa shape index (κ3) is 3.40. The van der Waals surface area contributed by atoms with E-state index in [-0.39, 0.29) is 11.5 Å². The third-order valence-corrected chi connectivity index (χ3v) is 2.41. The monoisotopic (exact) mass is 224 g/mol. The highest BCUT2D eigenvalue weighted by Gasteiger charge is 2.08. The molecule has 3 heteroatoms. The van der Waals surface area contributed by atoms with Gasteiger partial charge in [-0.15, -0.1) is 0 Å². The van der Waals surface area contributed by atoms with Gasteiger partial charge in [-0.1, -0.05) is 23.7 Å². The second-order valence-electron chi connectivity index (χ2n) is 3.42. The predicted molar refractivity (Wildman–Crippen MR) is 61.2 cm³/mol. The number of Topliss-reactive ketones (excluding diaryl/α,β-unsaturated/α-hetero) is 1. The fourth-order valence-corrected chi connectivity index (χ4v) is 1.44. The Labute approximate surface area is 94.2 Å². The fraction of sp³-hybridized carbons (Fsp3) is 0.250. The first-order chi connectivity index (χ1) is 7.00. The molecular formula is C12H13ClO2. The summed E-state index contributed by atoms with van der Waals surface area (Å²) in [6, 6.07) is 7.21. The van der Waals surface area contributed by atoms with Crippen LogP contribution in [-0.4, -0.2) is 10.9 Å². The Bertz CT molecular complexity index is 387. The van der Waals surface area contributed by atoms with E-state index in [1.165, 1.54) is 13.8 Å². The normalized spacial score (nSPS) is 12.2. The van der Waals surface area contributed by atoms with Crippen LogP contribution in [0.25, 0.3) is 0 Å². The number of benzene rings is 1. The van der Waals surface area contributed by atoms with Crippen molar-refractivity contribution in [2.75, 3.05) is 0 Å². The largest absolute Gasteiger partial charge is 0.512 e. The molecule has 0 fully saturated rings. The Hall–Kier alpha value is -1.28. The number of ketones is 1. The number of allylic oxidation sites excluding steroid dienone is 2. The zero-order valence-corrected chi connectivity index (χ0v) is 9.51. The molecule has 1 aromatic carbocycles. The molecule has 0 saturated carbocycles. The molecule has 1 rings (SSSR count). The highest BCUT2D eigenvalue weighted by atomic mass is 35.5. The predicted octanol–water partition coefficient (Wildman–Crippen LogP) is 3.30. The van der Waals surface area contributed by atoms with Crippen molar-refractivity contribution in [2.24, 2.45) is 0 Å². The molecule has 0 aromatic heterocycles. The zero-order chi connectivity index (χ0) is 11.4. The number of halogens is 1. The van der Waals surface area contributed by atoms with Crippen molar-refractivity contribution < 1.29 is 9.90 Å². The first kappa shape index (κ1) is 11.8. The number of rotatable bonds is 3. The van der Waals surface area contributed by atoms with Crippen molar-refractivity contribution in [2.45, 2.75) is 20.3 Å². The Morgan fingerprint density at radius 2 is 1.80 bits per heavy atom. The lowest BCUT2D eigenvalue weighted by Crippen LogP contribution is -2.03. The molecule has 0 radical (unpaired) electrons. The van der Waals surface area contributed by atoms with Gasteiger partial charge in [-0.05, 0) is 31.5 Å². The molecular weight excluding hydrogens is 212 g/mol. The molecule has 0 aliphatic heterocycles. The van der Waals surface area contributed by atoms with Crippen LogP contribution in [0.3, 0.4) is 0 Å². The van der Waals surface area contributed by atoms with Gasteiger partial charge in [0.05, 0.1) is 5.76 Å². The molecule has 0 atom stereocenters. The van der Waals surface area contributed by atoms with Crippen molar-refractivity contribution in [1.29, 1.82) is 0 Å². The highest BCUT2D eigenvalue weighted by molar-refractivity contribution is 6.30. The lowest BCUT2D eigenvalue weighted by Gasteiger charge is -2.05. The van der Waals surface area contributed by atoms with Crippen molar-refractivity contribution >= 4 is 17.4 Å². The summed E-state index contributed by atoms with van der Waals surface area (Å²) in [5, 5.41) is 9.99. The summed E-state index contributed by atoms with van der Waals surface area (Å²) in [5.74, 6) is -0.0256. The van der Waals surface area contributed by atoms with Crippen LogP contribution in [0.2, 0.25) is 5.02 Å². The second-order valence-corrected chi connectivity index (χ2v) is 3.86. The van der Waals surface area contributed by atoms with Gasteiger partial charge in [0, 0.05) is 17.0 Å². The second kappa shape index (κ2) is 4.99. The van der Waals surface area contributed by atoms with Crippen LogP contribution in [0, 0.1) is 0 Å². The molecule has 15 heavy (non-hydrogen) atoms. The van der Waals surface area contributed by atoms with Crippen LogP contribution in [0.1, 0.15) is 19.4 Å². The molecule has 80 valence electrons. The number of aliphatic hydroxyl groups excluding tert-OH is 1. The quantitative estimate of drug-likeness (QED) is 0.632. The first-order valence-electron chi connectivity index (χ1n) is 4.65. The standard InChI is InChI=1S/C12H13ClO2/c1-8(14)12(9(2)15)7-10-3-5-11(13)6-4-10/h3-6,14H,7H2,1-2H3/b12-8+. The maximum absolute atomic E-state index is 11.2. The van der Waals surface area contributed by atoms with Crippen LogP contribution in [0.15, 0.2) is 35.6 Å². The van der Waals surface area contributed by atoms with E-state index in [0.717, 1.165) is 5.56 Å². The van der Waals surface area contributed by atoms with Gasteiger partial charge in [-0.25, -0.2) is 0 Å². The van der Waals surface area contributed by atoms with E-state index in [0.29, 0.717) is 17.0 Å². The molecule has 0 saturated heterocycles. The Morgan fingerprint density at radius 3 is 2.20 bits per heavy atom. The van der Waals surface area contributed by atoms with Gasteiger partial charge >= 0.3 is 0 Å². The summed E-state index contributed by atoms with van der Waals surface area (Å²) < 4.78 is 0. The Kier molecular flexibility index (Phi) is 3.92. The van der Waals surface area contributed by atoms with E-state index in [9.17, 15) is 9.90 Å². The smallest absolute Gasteiger partial charge is 0.159 e. The summed E-state index contributed by atoms with van der Waals surface area (Å²) in [6.07, 6.45) is 0.439. The van der Waals surface area contributed by atoms with Crippen molar-refractivity contribution in [3.63, 3.8) is 0 Å². The highest BCUT2D eigenvalue weighted by Crippen LogP contribution is 2.15. The maximum Gasteiger partial charge on any atom is 0.159 e. The van der Waals surface area contributed by atoms with Crippen molar-refractivity contribution in [3.8, 4) is 0 Å². The molecule has 1 aromatic rings. The summed E-state index contributed by atoms with van der Waals surface area (Å²) in [5.41, 5.74) is 1.40. The summed E-state index contributed by atoms with van der Waals surface area (Å²) in [7, 11) is 0. The minimum atomic E-state index is -0.107. The van der Waals surface area contributed by atoms with Crippen molar-refractivity contribution in [3.05, 3.63) is 46.2 Å². The SMILES string of the molecule is CC(=O)/C(Cc1ccc(Cl)cc1)=C(\C)O. The first-order valence-corrected chi connectivity index (χ1v) is 5.02. The molecule has 0 bridgehead atoms. The fourth-order valence-electron chi connectivity index (χ4n) is 1.31. The molecule has 0 heterocycles. The average Bonchev–Trinajstić information content (AvgIpc) is 2.15. The van der Waals surface area contributed by atoms with Gasteiger partial charge in [0.15, 0.2) is 5.78 Å². The maximum atomic E-state index is 11.2. The third-order valence-electron chi connectivity index (χ3n) is 2.16. The van der Waals surface area contributed by atoms with Crippen LogP contribution in [0.5, 0.6) is 0 Å². The van der Waals surface area contributed by atoms with Crippen LogP contribution >= 0.6 is 11.6 Å². The van der Waals surface area contributed by atoms with Crippen LogP contribution in [0.4, 0.5) is 0 Å². The van der Waals surface area contributed by atoms with E-state index in [2.05, 4.69) is 0 Å². The number of carbonyl (C=O) groups excluding carboxylic acids is 1. The van der Waals surface area contributed by atoms with E-state index in [4.69, 9.17) is 11.6 Å². The number of hydrogen-bond donors (Lipinski definition) is 1. The van der Waals surface area contributed by atoms with Gasteiger partial charge in [0.25, 0.3) is 0 Å². The van der Waals surface area contributed by atoms with Crippen LogP contribution in [-0.2, 0) is 11.2 Å². The van der Waals surface area contributed by atoms with Gasteiger partial charge in [-0.3, -0.25) is 4.79 Å². The Balaban J connectivity index is 2.90. The molecule has 0 amide bonds. The van der Waals surface area contributed by atoms with E-state index < -0.39 is 0 Å². The number of hydrogen-bond acceptors (Lipinski definition) is 2. The van der Waals surface area contributed by atoms with Gasteiger partial charge in [0.1, 0.15) is 0 Å². The van der Waals surface area contributed by atoms with Gasteiger partial charge < -0.3 is 5.11 Å². The van der Waals surface area contributed by atoms with Gasteiger partial charge in [0.2, 0.25) is 0 Å². The minimum Gasteiger partial charge on any atom is -0.512 e. The van der Waals surface area contributed by atoms with E-state index in [1.807, 2.05) is 12.1 Å². The Morgan fingerprint density at radius 1 is 1.27 bits per heavy atom. The number of aliphatic hydroxyl groups is 1. The molecule has 0 spiro atoms. The number of carbonyl (C=O) groups is 1. The molecule has 0 aliphatic carbocycles. The topological polar surface area (TPSA) is 37.3 Å². The lowest BCUT2D eigenvalue weighted by atomic mass is 10.0. The van der Waals surface area contributed by atoms with Crippen LogP contribution < -0.4 is 0 Å². The summed E-state index contributed by atoms with van der Waals surface area (Å²) >= 11 is 5.74. The van der Waals surface area contributed by atoms with Crippen molar-refractivity contribution in [1.82, 2.24) is 0 Å². The summed E-state index contributed by atoms with van der Waals surface area (Å²) in [6.45, 7) is 2.97. The van der Waals surface area contributed by atoms with Gasteiger partial charge in [-0.2, -0.15) is 0 Å².